The van der Waals surface area contributed by atoms with Crippen LogP contribution in [0.1, 0.15) is 85.7 Å². The van der Waals surface area contributed by atoms with Gasteiger partial charge in [-0.2, -0.15) is 0 Å². The molecule has 35 heavy (non-hydrogen) atoms. The number of allylic oxidation sites excluding steroid dienone is 1. The van der Waals surface area contributed by atoms with Crippen LogP contribution in [0.5, 0.6) is 0 Å². The van der Waals surface area contributed by atoms with Crippen molar-refractivity contribution in [3.8, 4) is 0 Å². The van der Waals surface area contributed by atoms with Crippen molar-refractivity contribution >= 4 is 17.8 Å². The molecule has 0 fully saturated rings. The van der Waals surface area contributed by atoms with Crippen LogP contribution in [0.25, 0.3) is 6.08 Å². The Balaban J connectivity index is 2.40. The fourth-order valence-corrected chi connectivity index (χ4v) is 4.87. The lowest BCUT2D eigenvalue weighted by atomic mass is 9.73. The van der Waals surface area contributed by atoms with E-state index in [1.54, 1.807) is 34.0 Å². The Morgan fingerprint density at radius 3 is 2.43 bits per heavy atom. The van der Waals surface area contributed by atoms with Gasteiger partial charge >= 0.3 is 5.97 Å². The van der Waals surface area contributed by atoms with E-state index in [1.807, 2.05) is 26.8 Å². The molecule has 1 aromatic heterocycles. The Labute approximate surface area is 209 Å². The van der Waals surface area contributed by atoms with Crippen molar-refractivity contribution in [2.45, 2.75) is 99.4 Å². The topological polar surface area (TPSA) is 110 Å². The summed E-state index contributed by atoms with van der Waals surface area (Å²) in [6, 6.07) is 0. The summed E-state index contributed by atoms with van der Waals surface area (Å²) >= 11 is 0. The minimum atomic E-state index is -1.24. The predicted octanol–water partition coefficient (Wildman–Crippen LogP) is 5.04. The number of hydrogen-bond acceptors (Lipinski definition) is 7. The Bertz CT molecular complexity index is 943. The van der Waals surface area contributed by atoms with E-state index in [4.69, 9.17) is 9.15 Å². The lowest BCUT2D eigenvalue weighted by molar-refractivity contribution is -0.155. The zero-order valence-electron chi connectivity index (χ0n) is 22.5. The number of aryl methyl sites for hydroxylation is 1. The second kappa shape index (κ2) is 12.1. The van der Waals surface area contributed by atoms with E-state index in [-0.39, 0.29) is 24.0 Å². The molecule has 1 aromatic rings. The summed E-state index contributed by atoms with van der Waals surface area (Å²) in [6.45, 7) is 14.6. The maximum atomic E-state index is 13.2. The van der Waals surface area contributed by atoms with Gasteiger partial charge in [0.15, 0.2) is 5.89 Å². The van der Waals surface area contributed by atoms with E-state index >= 15 is 0 Å². The lowest BCUT2D eigenvalue weighted by Gasteiger charge is -2.34. The van der Waals surface area contributed by atoms with Crippen LogP contribution in [0.3, 0.4) is 0 Å². The van der Waals surface area contributed by atoms with Crippen molar-refractivity contribution in [3.63, 3.8) is 0 Å². The molecule has 1 aliphatic heterocycles. The summed E-state index contributed by atoms with van der Waals surface area (Å²) in [5.74, 6) is -1.13. The number of carbonyl (C=O) groups excluding carboxylic acids is 2. The van der Waals surface area contributed by atoms with Crippen molar-refractivity contribution in [2.24, 2.45) is 23.2 Å². The average Bonchev–Trinajstić information content (AvgIpc) is 3.19. The monoisotopic (exact) mass is 489 g/mol. The molecular weight excluding hydrogens is 446 g/mol. The number of aliphatic hydroxyl groups is 2. The van der Waals surface area contributed by atoms with Gasteiger partial charge < -0.3 is 19.4 Å². The summed E-state index contributed by atoms with van der Waals surface area (Å²) in [7, 11) is 0. The first kappa shape index (κ1) is 29.0. The maximum Gasteiger partial charge on any atom is 0.309 e. The van der Waals surface area contributed by atoms with Gasteiger partial charge in [-0.3, -0.25) is 9.59 Å². The van der Waals surface area contributed by atoms with E-state index in [9.17, 15) is 19.8 Å². The third-order valence-electron chi connectivity index (χ3n) is 7.31. The minimum absolute atomic E-state index is 0.0613. The van der Waals surface area contributed by atoms with Crippen LogP contribution in [0.4, 0.5) is 0 Å². The second-order valence-electron chi connectivity index (χ2n) is 10.9. The predicted molar refractivity (Wildman–Crippen MR) is 135 cm³/mol. The third kappa shape index (κ3) is 7.61. The number of carbonyl (C=O) groups is 2. The van der Waals surface area contributed by atoms with Gasteiger partial charge in [-0.05, 0) is 50.7 Å². The number of Topliss-reactive ketones (excluding diaryl/α,β-unsaturated/α-hetero) is 1. The Morgan fingerprint density at radius 2 is 1.83 bits per heavy atom. The fraction of sp³-hybridized carbons (Fsp3) is 0.679. The first-order chi connectivity index (χ1) is 16.2. The number of ether oxygens (including phenoxy) is 1. The number of hydrogen-bond donors (Lipinski definition) is 2. The first-order valence-corrected chi connectivity index (χ1v) is 12.6. The van der Waals surface area contributed by atoms with Crippen LogP contribution in [0.15, 0.2) is 27.9 Å². The molecule has 7 heteroatoms. The average molecular weight is 490 g/mol. The molecular formula is C28H43NO6. The molecule has 7 nitrogen and oxygen atoms in total. The van der Waals surface area contributed by atoms with E-state index in [0.717, 1.165) is 24.8 Å². The SMILES string of the molecule is C/C1=C/[C@H](C)[C@@H](/C(C)=C/c2coc(C)n2)OC(=O)C[C@H](O)C(C)(C)C(=O)[C@H](C)[C@@H](O)[C@@H](C)CCC1. The summed E-state index contributed by atoms with van der Waals surface area (Å²) in [5.41, 5.74) is 1.41. The van der Waals surface area contributed by atoms with Crippen molar-refractivity contribution in [1.82, 2.24) is 4.98 Å². The highest BCUT2D eigenvalue weighted by molar-refractivity contribution is 5.88. The number of nitrogens with zero attached hydrogens (tertiary/aromatic N) is 1. The number of esters is 1. The van der Waals surface area contributed by atoms with E-state index in [1.165, 1.54) is 5.57 Å². The van der Waals surface area contributed by atoms with Crippen LogP contribution < -0.4 is 0 Å². The van der Waals surface area contributed by atoms with Crippen molar-refractivity contribution in [1.29, 1.82) is 0 Å². The highest BCUT2D eigenvalue weighted by atomic mass is 16.5. The molecule has 196 valence electrons. The molecule has 0 saturated heterocycles. The molecule has 0 radical (unpaired) electrons. The standard InChI is InChI=1S/C28H43NO6/c1-16-10-9-11-17(2)25(32)20(5)27(33)28(7,8)23(30)14-24(31)35-26(18(3)12-16)19(4)13-22-15-34-21(6)29-22/h12-13,15,17-18,20,23,25-26,30,32H,9-11,14H2,1-8H3/b16-12-,19-13+/t17-,18-,20+,23-,25-,26-/m0/s1. The minimum Gasteiger partial charge on any atom is -0.457 e. The molecule has 0 aliphatic carbocycles. The molecule has 2 heterocycles. The summed E-state index contributed by atoms with van der Waals surface area (Å²) in [4.78, 5) is 30.5. The summed E-state index contributed by atoms with van der Waals surface area (Å²) in [5, 5.41) is 21.7. The molecule has 0 unspecified atom stereocenters. The van der Waals surface area contributed by atoms with Crippen LogP contribution in [0, 0.1) is 30.1 Å². The summed E-state index contributed by atoms with van der Waals surface area (Å²) in [6.07, 6.45) is 5.07. The van der Waals surface area contributed by atoms with Crippen LogP contribution in [0.2, 0.25) is 0 Å². The van der Waals surface area contributed by atoms with Gasteiger partial charge in [0, 0.05) is 18.8 Å². The van der Waals surface area contributed by atoms with E-state index in [0.29, 0.717) is 11.6 Å². The molecule has 0 bridgehead atoms. The molecule has 0 spiro atoms. The molecule has 2 rings (SSSR count). The highest BCUT2D eigenvalue weighted by Gasteiger charge is 2.42. The number of cyclic esters (lactones) is 1. The van der Waals surface area contributed by atoms with Gasteiger partial charge in [0.2, 0.25) is 0 Å². The normalized spacial score (nSPS) is 33.7. The van der Waals surface area contributed by atoms with Gasteiger partial charge in [-0.25, -0.2) is 4.98 Å². The van der Waals surface area contributed by atoms with Crippen LogP contribution in [-0.2, 0) is 14.3 Å². The molecule has 0 amide bonds. The number of oxazole rings is 1. The van der Waals surface area contributed by atoms with Gasteiger partial charge in [0.05, 0.1) is 24.0 Å². The molecule has 2 N–H and O–H groups in total. The van der Waals surface area contributed by atoms with Crippen LogP contribution in [-0.4, -0.2) is 45.3 Å². The number of aromatic nitrogens is 1. The van der Waals surface area contributed by atoms with Gasteiger partial charge in [-0.15, -0.1) is 0 Å². The van der Waals surface area contributed by atoms with Gasteiger partial charge in [0.25, 0.3) is 0 Å². The van der Waals surface area contributed by atoms with Crippen molar-refractivity contribution in [3.05, 3.63) is 35.1 Å². The van der Waals surface area contributed by atoms with Crippen molar-refractivity contribution < 1.29 is 29.0 Å². The van der Waals surface area contributed by atoms with Gasteiger partial charge in [0.1, 0.15) is 23.8 Å². The zero-order valence-corrected chi connectivity index (χ0v) is 22.5. The first-order valence-electron chi connectivity index (χ1n) is 12.6. The Kier molecular flexibility index (Phi) is 10.0. The largest absolute Gasteiger partial charge is 0.457 e. The Hall–Kier alpha value is -2.25. The van der Waals surface area contributed by atoms with Crippen molar-refractivity contribution in [2.75, 3.05) is 0 Å². The second-order valence-corrected chi connectivity index (χ2v) is 10.9. The molecule has 0 aromatic carbocycles. The third-order valence-corrected chi connectivity index (χ3v) is 7.31. The molecule has 6 atom stereocenters. The fourth-order valence-electron chi connectivity index (χ4n) is 4.87. The molecule has 1 aliphatic rings. The zero-order chi connectivity index (χ0) is 26.5. The van der Waals surface area contributed by atoms with E-state index < -0.39 is 35.6 Å². The number of ketones is 1. The van der Waals surface area contributed by atoms with Crippen LogP contribution >= 0.6 is 0 Å². The lowest BCUT2D eigenvalue weighted by Crippen LogP contribution is -2.45. The molecule has 0 saturated carbocycles. The smallest absolute Gasteiger partial charge is 0.309 e. The summed E-state index contributed by atoms with van der Waals surface area (Å²) < 4.78 is 11.2. The van der Waals surface area contributed by atoms with E-state index in [2.05, 4.69) is 18.0 Å². The van der Waals surface area contributed by atoms with Gasteiger partial charge in [-0.1, -0.05) is 46.3 Å². The number of aliphatic hydroxyl groups excluding tert-OH is 2. The number of rotatable bonds is 2. The Morgan fingerprint density at radius 1 is 1.17 bits per heavy atom. The highest BCUT2D eigenvalue weighted by Crippen LogP contribution is 2.33. The maximum absolute atomic E-state index is 13.2. The quantitative estimate of drug-likeness (QED) is 0.442.